The molecule has 0 aromatic rings. The number of likely N-dealkylation sites (N-methyl/N-ethyl adjacent to an activating group) is 1. The summed E-state index contributed by atoms with van der Waals surface area (Å²) >= 11 is 0. The van der Waals surface area contributed by atoms with E-state index in [9.17, 15) is 0 Å². The molecular weight excluding hydrogens is 246 g/mol. The molecule has 1 aliphatic carbocycles. The second kappa shape index (κ2) is 8.35. The van der Waals surface area contributed by atoms with Gasteiger partial charge in [-0.05, 0) is 58.5 Å². The van der Waals surface area contributed by atoms with Crippen LogP contribution >= 0.6 is 0 Å². The highest BCUT2D eigenvalue weighted by molar-refractivity contribution is 4.91. The first-order chi connectivity index (χ1) is 9.72. The van der Waals surface area contributed by atoms with Crippen LogP contribution in [-0.4, -0.2) is 49.7 Å². The van der Waals surface area contributed by atoms with Crippen molar-refractivity contribution in [3.63, 3.8) is 0 Å². The fraction of sp³-hybridized carbons (Fsp3) is 1.00. The van der Waals surface area contributed by atoms with Crippen molar-refractivity contribution in [2.24, 2.45) is 5.92 Å². The lowest BCUT2D eigenvalue weighted by molar-refractivity contribution is 0.198. The van der Waals surface area contributed by atoms with Gasteiger partial charge < -0.3 is 15.5 Å². The van der Waals surface area contributed by atoms with Gasteiger partial charge in [-0.3, -0.25) is 0 Å². The Hall–Kier alpha value is -0.120. The zero-order chi connectivity index (χ0) is 14.4. The van der Waals surface area contributed by atoms with Crippen LogP contribution in [0.2, 0.25) is 0 Å². The summed E-state index contributed by atoms with van der Waals surface area (Å²) in [5.74, 6) is 0.875. The van der Waals surface area contributed by atoms with Crippen LogP contribution in [0.4, 0.5) is 0 Å². The van der Waals surface area contributed by atoms with Crippen LogP contribution in [0.15, 0.2) is 0 Å². The Labute approximate surface area is 125 Å². The van der Waals surface area contributed by atoms with Crippen molar-refractivity contribution in [1.29, 1.82) is 0 Å². The number of nitrogens with one attached hydrogen (secondary N) is 2. The van der Waals surface area contributed by atoms with Gasteiger partial charge in [0.2, 0.25) is 0 Å². The molecule has 3 heteroatoms. The SMILES string of the molecule is CCC(C)N(C)CCNC1CCCCC1C1CCCN1. The first kappa shape index (κ1) is 16.3. The van der Waals surface area contributed by atoms with Crippen molar-refractivity contribution in [2.75, 3.05) is 26.7 Å². The smallest absolute Gasteiger partial charge is 0.0111 e. The molecule has 3 nitrogen and oxygen atoms in total. The van der Waals surface area contributed by atoms with Crippen LogP contribution in [0.1, 0.15) is 58.8 Å². The third-order valence-corrected chi connectivity index (χ3v) is 5.65. The zero-order valence-electron chi connectivity index (χ0n) is 13.8. The number of hydrogen-bond acceptors (Lipinski definition) is 3. The molecule has 0 aromatic heterocycles. The normalized spacial score (nSPS) is 32.7. The fourth-order valence-corrected chi connectivity index (χ4v) is 3.93. The van der Waals surface area contributed by atoms with Crippen LogP contribution in [0.25, 0.3) is 0 Å². The summed E-state index contributed by atoms with van der Waals surface area (Å²) in [6, 6.07) is 2.25. The molecule has 2 fully saturated rings. The summed E-state index contributed by atoms with van der Waals surface area (Å²) in [5, 5.41) is 7.61. The zero-order valence-corrected chi connectivity index (χ0v) is 13.8. The van der Waals surface area contributed by atoms with Crippen LogP contribution in [-0.2, 0) is 0 Å². The lowest BCUT2D eigenvalue weighted by Gasteiger charge is -2.37. The summed E-state index contributed by atoms with van der Waals surface area (Å²) in [5.41, 5.74) is 0. The van der Waals surface area contributed by atoms with Crippen LogP contribution < -0.4 is 10.6 Å². The first-order valence-electron chi connectivity index (χ1n) is 8.89. The Bertz CT molecular complexity index is 263. The molecule has 1 aliphatic heterocycles. The van der Waals surface area contributed by atoms with Gasteiger partial charge in [0.1, 0.15) is 0 Å². The van der Waals surface area contributed by atoms with Gasteiger partial charge in [0, 0.05) is 31.2 Å². The summed E-state index contributed by atoms with van der Waals surface area (Å²) in [6.45, 7) is 8.17. The molecule has 0 amide bonds. The van der Waals surface area contributed by atoms with E-state index in [0.717, 1.165) is 24.5 Å². The molecule has 2 N–H and O–H groups in total. The Morgan fingerprint density at radius 1 is 1.20 bits per heavy atom. The van der Waals surface area contributed by atoms with Crippen molar-refractivity contribution in [2.45, 2.75) is 76.9 Å². The lowest BCUT2D eigenvalue weighted by Crippen LogP contribution is -2.48. The Morgan fingerprint density at radius 2 is 2.00 bits per heavy atom. The third kappa shape index (κ3) is 4.44. The predicted molar refractivity (Wildman–Crippen MR) is 87.2 cm³/mol. The summed E-state index contributed by atoms with van der Waals surface area (Å²) < 4.78 is 0. The molecule has 0 bridgehead atoms. The molecule has 0 aromatic carbocycles. The molecule has 4 unspecified atom stereocenters. The van der Waals surface area contributed by atoms with Gasteiger partial charge in [-0.2, -0.15) is 0 Å². The van der Waals surface area contributed by atoms with E-state index in [1.54, 1.807) is 0 Å². The van der Waals surface area contributed by atoms with Crippen LogP contribution in [0.5, 0.6) is 0 Å². The van der Waals surface area contributed by atoms with Crippen LogP contribution in [0.3, 0.4) is 0 Å². The Morgan fingerprint density at radius 3 is 2.70 bits per heavy atom. The van der Waals surface area contributed by atoms with Gasteiger partial charge in [0.25, 0.3) is 0 Å². The molecule has 1 heterocycles. The second-order valence-electron chi connectivity index (χ2n) is 6.95. The minimum absolute atomic E-state index is 0.704. The highest BCUT2D eigenvalue weighted by atomic mass is 15.1. The average Bonchev–Trinajstić information content (AvgIpc) is 3.00. The number of nitrogens with zero attached hydrogens (tertiary/aromatic N) is 1. The van der Waals surface area contributed by atoms with Gasteiger partial charge in [-0.15, -0.1) is 0 Å². The van der Waals surface area contributed by atoms with Crippen LogP contribution in [0, 0.1) is 5.92 Å². The molecule has 4 atom stereocenters. The molecule has 0 spiro atoms. The Kier molecular flexibility index (Phi) is 6.79. The van der Waals surface area contributed by atoms with Crippen molar-refractivity contribution in [1.82, 2.24) is 15.5 Å². The topological polar surface area (TPSA) is 27.3 Å². The predicted octanol–water partition coefficient (Wildman–Crippen LogP) is 2.62. The van der Waals surface area contributed by atoms with E-state index in [1.807, 2.05) is 0 Å². The van der Waals surface area contributed by atoms with Crippen molar-refractivity contribution < 1.29 is 0 Å². The molecule has 1 saturated carbocycles. The van der Waals surface area contributed by atoms with E-state index in [0.29, 0.717) is 6.04 Å². The van der Waals surface area contributed by atoms with Gasteiger partial charge in [-0.25, -0.2) is 0 Å². The molecule has 20 heavy (non-hydrogen) atoms. The summed E-state index contributed by atoms with van der Waals surface area (Å²) in [4.78, 5) is 2.48. The maximum atomic E-state index is 3.88. The minimum Gasteiger partial charge on any atom is -0.314 e. The maximum absolute atomic E-state index is 3.88. The summed E-state index contributed by atoms with van der Waals surface area (Å²) in [7, 11) is 2.26. The van der Waals surface area contributed by atoms with Gasteiger partial charge in [0.05, 0.1) is 0 Å². The van der Waals surface area contributed by atoms with Gasteiger partial charge in [0.15, 0.2) is 0 Å². The average molecular weight is 281 g/mol. The van der Waals surface area contributed by atoms with Crippen molar-refractivity contribution in [3.8, 4) is 0 Å². The highest BCUT2D eigenvalue weighted by Gasteiger charge is 2.32. The monoisotopic (exact) mass is 281 g/mol. The molecule has 2 rings (SSSR count). The quantitative estimate of drug-likeness (QED) is 0.751. The molecular formula is C17H35N3. The molecule has 0 radical (unpaired) electrons. The minimum atomic E-state index is 0.704. The van der Waals surface area contributed by atoms with Gasteiger partial charge in [-0.1, -0.05) is 19.8 Å². The standard InChI is InChI=1S/C17H35N3/c1-4-14(2)20(3)13-12-19-16-9-6-5-8-15(16)17-10-7-11-18-17/h14-19H,4-13H2,1-3H3. The van der Waals surface area contributed by atoms with Crippen molar-refractivity contribution in [3.05, 3.63) is 0 Å². The first-order valence-corrected chi connectivity index (χ1v) is 8.89. The lowest BCUT2D eigenvalue weighted by atomic mass is 9.79. The largest absolute Gasteiger partial charge is 0.314 e. The third-order valence-electron chi connectivity index (χ3n) is 5.65. The second-order valence-corrected chi connectivity index (χ2v) is 6.95. The van der Waals surface area contributed by atoms with E-state index in [1.165, 1.54) is 58.0 Å². The fourth-order valence-electron chi connectivity index (χ4n) is 3.93. The molecule has 1 saturated heterocycles. The van der Waals surface area contributed by atoms with E-state index in [2.05, 4.69) is 36.4 Å². The number of hydrogen-bond donors (Lipinski definition) is 2. The van der Waals surface area contributed by atoms with E-state index in [4.69, 9.17) is 0 Å². The number of rotatable bonds is 7. The van der Waals surface area contributed by atoms with Crippen molar-refractivity contribution >= 4 is 0 Å². The summed E-state index contributed by atoms with van der Waals surface area (Å²) in [6.07, 6.45) is 9.69. The molecule has 118 valence electrons. The van der Waals surface area contributed by atoms with E-state index < -0.39 is 0 Å². The van der Waals surface area contributed by atoms with Gasteiger partial charge >= 0.3 is 0 Å². The van der Waals surface area contributed by atoms with E-state index in [-0.39, 0.29) is 0 Å². The maximum Gasteiger partial charge on any atom is 0.0111 e. The van der Waals surface area contributed by atoms with E-state index >= 15 is 0 Å². The Balaban J connectivity index is 1.74. The highest BCUT2D eigenvalue weighted by Crippen LogP contribution is 2.30. The molecule has 2 aliphatic rings.